The molecular formula is C3H10N2OS. The molecule has 0 aromatic carbocycles. The number of nitrogens with two attached hydrogens (primary N) is 2. The van der Waals surface area contributed by atoms with Gasteiger partial charge in [-0.05, 0) is 0 Å². The Morgan fingerprint density at radius 2 is 2.29 bits per heavy atom. The van der Waals surface area contributed by atoms with E-state index < -0.39 is 0 Å². The van der Waals surface area contributed by atoms with Gasteiger partial charge in [0.2, 0.25) is 0 Å². The van der Waals surface area contributed by atoms with E-state index >= 15 is 0 Å². The van der Waals surface area contributed by atoms with E-state index in [-0.39, 0.29) is 11.9 Å². The van der Waals surface area contributed by atoms with Gasteiger partial charge < -0.3 is 10.8 Å². The summed E-state index contributed by atoms with van der Waals surface area (Å²) in [6.07, 6.45) is 0. The predicted molar refractivity (Wildman–Crippen MR) is 31.7 cm³/mol. The molecule has 0 aromatic rings. The van der Waals surface area contributed by atoms with Crippen LogP contribution in [0.3, 0.4) is 0 Å². The average molecular weight is 122 g/mol. The molecule has 0 heterocycles. The molecule has 0 saturated carbocycles. The molecule has 0 aliphatic carbocycles. The van der Waals surface area contributed by atoms with Crippen LogP contribution in [-0.2, 0) is 0 Å². The Kier molecular flexibility index (Phi) is 4.53. The summed E-state index contributed by atoms with van der Waals surface area (Å²) in [5, 5.41) is 13.4. The van der Waals surface area contributed by atoms with Crippen molar-refractivity contribution in [1.82, 2.24) is 0 Å². The van der Waals surface area contributed by atoms with Crippen molar-refractivity contribution in [3.8, 4) is 0 Å². The molecule has 1 unspecified atom stereocenters. The lowest BCUT2D eigenvalue weighted by Crippen LogP contribution is -2.22. The van der Waals surface area contributed by atoms with Crippen LogP contribution in [0.25, 0.3) is 0 Å². The van der Waals surface area contributed by atoms with Gasteiger partial charge in [-0.1, -0.05) is 11.9 Å². The summed E-state index contributed by atoms with van der Waals surface area (Å²) in [4.78, 5) is 0. The minimum Gasteiger partial charge on any atom is -0.395 e. The second-order valence-corrected chi connectivity index (χ2v) is 2.12. The maximum Gasteiger partial charge on any atom is 0.0574 e. The Hall–Kier alpha value is 0.230. The summed E-state index contributed by atoms with van der Waals surface area (Å²) in [6, 6.07) is 0. The van der Waals surface area contributed by atoms with E-state index in [2.05, 4.69) is 0 Å². The zero-order valence-electron chi connectivity index (χ0n) is 4.00. The van der Waals surface area contributed by atoms with Gasteiger partial charge >= 0.3 is 0 Å². The van der Waals surface area contributed by atoms with Gasteiger partial charge in [0.1, 0.15) is 0 Å². The number of rotatable bonds is 3. The fourth-order valence-electron chi connectivity index (χ4n) is 0.173. The van der Waals surface area contributed by atoms with Crippen LogP contribution in [0, 0.1) is 0 Å². The Bertz CT molecular complexity index is 34.4. The highest BCUT2D eigenvalue weighted by Gasteiger charge is 1.99. The van der Waals surface area contributed by atoms with Crippen molar-refractivity contribution in [2.24, 2.45) is 10.9 Å². The van der Waals surface area contributed by atoms with Crippen molar-refractivity contribution in [2.75, 3.05) is 13.2 Å². The van der Waals surface area contributed by atoms with Crippen LogP contribution in [0.1, 0.15) is 0 Å². The van der Waals surface area contributed by atoms with Gasteiger partial charge in [0, 0.05) is 6.54 Å². The summed E-state index contributed by atoms with van der Waals surface area (Å²) in [5.74, 6) is 0. The Morgan fingerprint density at radius 1 is 1.71 bits per heavy atom. The van der Waals surface area contributed by atoms with E-state index in [1.54, 1.807) is 0 Å². The highest BCUT2D eigenvalue weighted by atomic mass is 32.2. The molecular weight excluding hydrogens is 112 g/mol. The molecule has 0 bridgehead atoms. The number of hydrogen-bond donors (Lipinski definition) is 3. The van der Waals surface area contributed by atoms with Gasteiger partial charge in [-0.3, -0.25) is 5.14 Å². The van der Waals surface area contributed by atoms with Crippen LogP contribution in [0.4, 0.5) is 0 Å². The number of hydrogen-bond acceptors (Lipinski definition) is 4. The van der Waals surface area contributed by atoms with Gasteiger partial charge in [-0.25, -0.2) is 0 Å². The minimum absolute atomic E-state index is 0.0139. The average Bonchev–Trinajstić information content (AvgIpc) is 1.72. The van der Waals surface area contributed by atoms with Gasteiger partial charge in [0.15, 0.2) is 0 Å². The van der Waals surface area contributed by atoms with E-state index in [0.29, 0.717) is 6.54 Å². The second kappa shape index (κ2) is 4.39. The molecule has 0 rings (SSSR count). The molecule has 0 spiro atoms. The molecule has 0 amide bonds. The Morgan fingerprint density at radius 3 is 2.29 bits per heavy atom. The van der Waals surface area contributed by atoms with E-state index in [1.807, 2.05) is 0 Å². The van der Waals surface area contributed by atoms with Gasteiger partial charge in [-0.15, -0.1) is 0 Å². The van der Waals surface area contributed by atoms with Crippen LogP contribution in [0.2, 0.25) is 0 Å². The maximum absolute atomic E-state index is 8.35. The first-order valence-electron chi connectivity index (χ1n) is 2.01. The molecule has 3 nitrogen and oxygen atoms in total. The number of aliphatic hydroxyl groups is 1. The van der Waals surface area contributed by atoms with Gasteiger partial charge in [0.05, 0.1) is 11.9 Å². The topological polar surface area (TPSA) is 72.3 Å². The quantitative estimate of drug-likeness (QED) is 0.416. The third-order valence-electron chi connectivity index (χ3n) is 0.659. The zero-order chi connectivity index (χ0) is 5.70. The summed E-state index contributed by atoms with van der Waals surface area (Å²) >= 11 is 1.09. The van der Waals surface area contributed by atoms with Crippen molar-refractivity contribution in [3.05, 3.63) is 0 Å². The SMILES string of the molecule is NCC(CO)SN. The molecule has 1 atom stereocenters. The highest BCUT2D eigenvalue weighted by Crippen LogP contribution is 1.96. The van der Waals surface area contributed by atoms with Crippen LogP contribution in [-0.4, -0.2) is 23.5 Å². The molecule has 44 valence electrons. The first-order valence-corrected chi connectivity index (χ1v) is 2.96. The molecule has 5 N–H and O–H groups in total. The predicted octanol–water partition coefficient (Wildman–Crippen LogP) is -1.09. The largest absolute Gasteiger partial charge is 0.395 e. The van der Waals surface area contributed by atoms with Crippen molar-refractivity contribution in [3.63, 3.8) is 0 Å². The zero-order valence-corrected chi connectivity index (χ0v) is 4.82. The van der Waals surface area contributed by atoms with Crippen molar-refractivity contribution >= 4 is 11.9 Å². The highest BCUT2D eigenvalue weighted by molar-refractivity contribution is 7.97. The van der Waals surface area contributed by atoms with Crippen LogP contribution in [0.5, 0.6) is 0 Å². The second-order valence-electron chi connectivity index (χ2n) is 1.18. The Balaban J connectivity index is 2.99. The molecule has 0 radical (unpaired) electrons. The molecule has 4 heteroatoms. The van der Waals surface area contributed by atoms with Crippen molar-refractivity contribution in [2.45, 2.75) is 5.25 Å². The summed E-state index contributed by atoms with van der Waals surface area (Å²) in [7, 11) is 0. The molecule has 0 aromatic heterocycles. The fourth-order valence-corrected chi connectivity index (χ4v) is 0.370. The van der Waals surface area contributed by atoms with E-state index in [0.717, 1.165) is 11.9 Å². The third kappa shape index (κ3) is 2.87. The summed E-state index contributed by atoms with van der Waals surface area (Å²) in [6.45, 7) is 0.509. The van der Waals surface area contributed by atoms with E-state index in [4.69, 9.17) is 16.0 Å². The summed E-state index contributed by atoms with van der Waals surface area (Å²) < 4.78 is 0. The molecule has 0 aliphatic heterocycles. The number of aliphatic hydroxyl groups excluding tert-OH is 1. The fraction of sp³-hybridized carbons (Fsp3) is 1.00. The molecule has 0 fully saturated rings. The lowest BCUT2D eigenvalue weighted by atomic mass is 10.5. The normalized spacial score (nSPS) is 14.1. The van der Waals surface area contributed by atoms with Crippen molar-refractivity contribution < 1.29 is 5.11 Å². The van der Waals surface area contributed by atoms with Crippen molar-refractivity contribution in [1.29, 1.82) is 0 Å². The Labute approximate surface area is 47.2 Å². The van der Waals surface area contributed by atoms with Crippen LogP contribution < -0.4 is 10.9 Å². The van der Waals surface area contributed by atoms with E-state index in [1.165, 1.54) is 0 Å². The minimum atomic E-state index is 0.0139. The maximum atomic E-state index is 8.35. The lowest BCUT2D eigenvalue weighted by Gasteiger charge is -2.03. The first kappa shape index (κ1) is 7.23. The molecule has 0 saturated heterocycles. The summed E-state index contributed by atoms with van der Waals surface area (Å²) in [5.41, 5.74) is 5.13. The monoisotopic (exact) mass is 122 g/mol. The van der Waals surface area contributed by atoms with Gasteiger partial charge in [-0.2, -0.15) is 0 Å². The van der Waals surface area contributed by atoms with Crippen LogP contribution >= 0.6 is 11.9 Å². The third-order valence-corrected chi connectivity index (χ3v) is 1.39. The first-order chi connectivity index (χ1) is 3.35. The smallest absolute Gasteiger partial charge is 0.0574 e. The lowest BCUT2D eigenvalue weighted by molar-refractivity contribution is 0.296. The molecule has 7 heavy (non-hydrogen) atoms. The van der Waals surface area contributed by atoms with Crippen LogP contribution in [0.15, 0.2) is 0 Å². The van der Waals surface area contributed by atoms with Gasteiger partial charge in [0.25, 0.3) is 0 Å². The standard InChI is InChI=1S/C3H10N2OS/c4-1-3(2-6)7-5/h3,6H,1-2,4-5H2. The molecule has 0 aliphatic rings. The van der Waals surface area contributed by atoms with E-state index in [9.17, 15) is 0 Å².